The number of hydrogen-bond acceptors (Lipinski definition) is 7. The van der Waals surface area contributed by atoms with Gasteiger partial charge in [0.2, 0.25) is 15.9 Å². The first-order valence-electron chi connectivity index (χ1n) is 5.23. The average molecular weight is 261 g/mol. The fourth-order valence-corrected chi connectivity index (χ4v) is 2.49. The third kappa shape index (κ3) is 2.73. The van der Waals surface area contributed by atoms with Gasteiger partial charge in [0, 0.05) is 26.2 Å². The van der Waals surface area contributed by atoms with Gasteiger partial charge in [-0.15, -0.1) is 5.10 Å². The van der Waals surface area contributed by atoms with Gasteiger partial charge in [0.05, 0.1) is 12.8 Å². The molecule has 2 N–H and O–H groups in total. The van der Waals surface area contributed by atoms with Gasteiger partial charge in [0.25, 0.3) is 0 Å². The van der Waals surface area contributed by atoms with Gasteiger partial charge in [-0.1, -0.05) is 5.10 Å². The van der Waals surface area contributed by atoms with Gasteiger partial charge >= 0.3 is 6.01 Å². The van der Waals surface area contributed by atoms with E-state index in [2.05, 4.69) is 10.2 Å². The standard InChI is InChI=1S/C8H15N5O3S/c1-17(14,15)13-4-2-12(3-5-13)8-11-10-7(6-9)16-8/h2-6,9H2,1H3. The van der Waals surface area contributed by atoms with Crippen molar-refractivity contribution in [3.8, 4) is 0 Å². The van der Waals surface area contributed by atoms with Crippen molar-refractivity contribution < 1.29 is 12.8 Å². The van der Waals surface area contributed by atoms with Crippen molar-refractivity contribution in [1.82, 2.24) is 14.5 Å². The SMILES string of the molecule is CS(=O)(=O)N1CCN(c2nnc(CN)o2)CC1. The maximum Gasteiger partial charge on any atom is 0.318 e. The van der Waals surface area contributed by atoms with Gasteiger partial charge in [0.1, 0.15) is 0 Å². The number of rotatable bonds is 3. The minimum absolute atomic E-state index is 0.205. The van der Waals surface area contributed by atoms with E-state index >= 15 is 0 Å². The molecule has 1 aromatic heterocycles. The molecule has 1 saturated heterocycles. The molecule has 17 heavy (non-hydrogen) atoms. The Labute approximate surface area is 99.4 Å². The van der Waals surface area contributed by atoms with Crippen molar-refractivity contribution in [3.05, 3.63) is 5.89 Å². The highest BCUT2D eigenvalue weighted by Crippen LogP contribution is 2.15. The first kappa shape index (κ1) is 12.3. The lowest BCUT2D eigenvalue weighted by Gasteiger charge is -2.31. The Morgan fingerprint density at radius 3 is 2.41 bits per heavy atom. The summed E-state index contributed by atoms with van der Waals surface area (Å²) in [5.41, 5.74) is 5.37. The van der Waals surface area contributed by atoms with E-state index in [9.17, 15) is 8.42 Å². The second-order valence-corrected chi connectivity index (χ2v) is 5.81. The molecule has 9 heteroatoms. The van der Waals surface area contributed by atoms with E-state index < -0.39 is 10.0 Å². The minimum Gasteiger partial charge on any atom is -0.407 e. The molecule has 0 saturated carbocycles. The van der Waals surface area contributed by atoms with Crippen LogP contribution in [-0.4, -0.2) is 55.4 Å². The van der Waals surface area contributed by atoms with Gasteiger partial charge in [0.15, 0.2) is 0 Å². The molecule has 1 aromatic rings. The van der Waals surface area contributed by atoms with Crippen LogP contribution in [0.25, 0.3) is 0 Å². The molecule has 0 unspecified atom stereocenters. The number of nitrogens with two attached hydrogens (primary N) is 1. The van der Waals surface area contributed by atoms with Crippen LogP contribution in [0.3, 0.4) is 0 Å². The Morgan fingerprint density at radius 1 is 1.29 bits per heavy atom. The molecule has 96 valence electrons. The van der Waals surface area contributed by atoms with Crippen molar-refractivity contribution in [2.75, 3.05) is 37.3 Å². The average Bonchev–Trinajstić information content (AvgIpc) is 2.76. The summed E-state index contributed by atoms with van der Waals surface area (Å²) in [6.45, 7) is 2.15. The second kappa shape index (κ2) is 4.59. The zero-order valence-corrected chi connectivity index (χ0v) is 10.4. The van der Waals surface area contributed by atoms with Crippen LogP contribution in [0.4, 0.5) is 6.01 Å². The first-order chi connectivity index (χ1) is 8.00. The van der Waals surface area contributed by atoms with Crippen LogP contribution in [-0.2, 0) is 16.6 Å². The molecule has 1 aliphatic rings. The van der Waals surface area contributed by atoms with Gasteiger partial charge in [-0.05, 0) is 0 Å². The van der Waals surface area contributed by atoms with Crippen molar-refractivity contribution in [3.63, 3.8) is 0 Å². The zero-order valence-electron chi connectivity index (χ0n) is 9.53. The number of aromatic nitrogens is 2. The third-order valence-electron chi connectivity index (χ3n) is 2.61. The van der Waals surface area contributed by atoms with E-state index in [0.717, 1.165) is 0 Å². The zero-order chi connectivity index (χ0) is 12.5. The molecule has 0 spiro atoms. The molecule has 0 amide bonds. The highest BCUT2D eigenvalue weighted by molar-refractivity contribution is 7.88. The van der Waals surface area contributed by atoms with E-state index in [1.54, 1.807) is 0 Å². The number of anilines is 1. The van der Waals surface area contributed by atoms with Crippen LogP contribution in [0, 0.1) is 0 Å². The minimum atomic E-state index is -3.11. The van der Waals surface area contributed by atoms with E-state index in [-0.39, 0.29) is 6.54 Å². The molecule has 2 heterocycles. The quantitative estimate of drug-likeness (QED) is 0.714. The Balaban J connectivity index is 1.99. The summed E-state index contributed by atoms with van der Waals surface area (Å²) in [7, 11) is -3.11. The summed E-state index contributed by atoms with van der Waals surface area (Å²) in [4.78, 5) is 1.86. The predicted molar refractivity (Wildman–Crippen MR) is 60.8 cm³/mol. The van der Waals surface area contributed by atoms with Crippen LogP contribution in [0.5, 0.6) is 0 Å². The van der Waals surface area contributed by atoms with Crippen LogP contribution in [0.1, 0.15) is 5.89 Å². The summed E-state index contributed by atoms with van der Waals surface area (Å²) in [6.07, 6.45) is 1.21. The molecular weight excluding hydrogens is 246 g/mol. The molecule has 0 atom stereocenters. The molecule has 0 radical (unpaired) electrons. The Hall–Kier alpha value is -1.19. The van der Waals surface area contributed by atoms with E-state index in [1.165, 1.54) is 10.6 Å². The van der Waals surface area contributed by atoms with E-state index in [4.69, 9.17) is 10.2 Å². The lowest BCUT2D eigenvalue weighted by atomic mass is 10.4. The predicted octanol–water partition coefficient (Wildman–Crippen LogP) is -1.39. The van der Waals surface area contributed by atoms with Gasteiger partial charge < -0.3 is 15.1 Å². The Morgan fingerprint density at radius 2 is 1.94 bits per heavy atom. The lowest BCUT2D eigenvalue weighted by Crippen LogP contribution is -2.48. The largest absolute Gasteiger partial charge is 0.407 e. The maximum absolute atomic E-state index is 11.3. The topological polar surface area (TPSA) is 106 Å². The second-order valence-electron chi connectivity index (χ2n) is 3.83. The molecule has 1 fully saturated rings. The summed E-state index contributed by atoms with van der Waals surface area (Å²) in [5.74, 6) is 0.380. The molecule has 0 bridgehead atoms. The van der Waals surface area contributed by atoms with Crippen LogP contribution < -0.4 is 10.6 Å². The molecule has 2 rings (SSSR count). The fraction of sp³-hybridized carbons (Fsp3) is 0.750. The molecular formula is C8H15N5O3S. The third-order valence-corrected chi connectivity index (χ3v) is 3.91. The van der Waals surface area contributed by atoms with E-state index in [1.807, 2.05) is 4.90 Å². The van der Waals surface area contributed by atoms with Crippen molar-refractivity contribution in [2.24, 2.45) is 5.73 Å². The monoisotopic (exact) mass is 261 g/mol. The smallest absolute Gasteiger partial charge is 0.318 e. The normalized spacial score (nSPS) is 18.6. The highest BCUT2D eigenvalue weighted by Gasteiger charge is 2.25. The first-order valence-corrected chi connectivity index (χ1v) is 7.08. The van der Waals surface area contributed by atoms with Crippen LogP contribution in [0.15, 0.2) is 4.42 Å². The summed E-state index contributed by atoms with van der Waals surface area (Å²) < 4.78 is 29.4. The Bertz CT molecular complexity index is 477. The summed E-state index contributed by atoms with van der Waals surface area (Å²) >= 11 is 0. The van der Waals surface area contributed by atoms with Gasteiger partial charge in [-0.3, -0.25) is 0 Å². The van der Waals surface area contributed by atoms with Gasteiger partial charge in [-0.2, -0.15) is 4.31 Å². The van der Waals surface area contributed by atoms with Crippen molar-refractivity contribution in [1.29, 1.82) is 0 Å². The Kier molecular flexibility index (Phi) is 3.31. The van der Waals surface area contributed by atoms with Crippen molar-refractivity contribution in [2.45, 2.75) is 6.54 Å². The van der Waals surface area contributed by atoms with Crippen LogP contribution >= 0.6 is 0 Å². The van der Waals surface area contributed by atoms with Gasteiger partial charge in [-0.25, -0.2) is 8.42 Å². The number of nitrogens with zero attached hydrogens (tertiary/aromatic N) is 4. The van der Waals surface area contributed by atoms with Crippen LogP contribution in [0.2, 0.25) is 0 Å². The molecule has 0 aliphatic carbocycles. The van der Waals surface area contributed by atoms with E-state index in [0.29, 0.717) is 38.1 Å². The summed E-state index contributed by atoms with van der Waals surface area (Å²) in [6, 6.07) is 0.401. The number of piperazine rings is 1. The maximum atomic E-state index is 11.3. The highest BCUT2D eigenvalue weighted by atomic mass is 32.2. The molecule has 0 aromatic carbocycles. The fourth-order valence-electron chi connectivity index (χ4n) is 1.67. The number of hydrogen-bond donors (Lipinski definition) is 1. The molecule has 8 nitrogen and oxygen atoms in total. The lowest BCUT2D eigenvalue weighted by molar-refractivity contribution is 0.371. The number of sulfonamides is 1. The molecule has 1 aliphatic heterocycles. The van der Waals surface area contributed by atoms with Crippen molar-refractivity contribution >= 4 is 16.0 Å². The summed E-state index contributed by atoms with van der Waals surface area (Å²) in [5, 5.41) is 7.62.